The van der Waals surface area contributed by atoms with E-state index in [2.05, 4.69) is 15.3 Å². The van der Waals surface area contributed by atoms with Crippen LogP contribution >= 0.6 is 0 Å². The molecule has 0 spiro atoms. The Labute approximate surface area is 98.7 Å². The minimum atomic E-state index is -1.07. The number of hydrogen-bond acceptors (Lipinski definition) is 5. The lowest BCUT2D eigenvalue weighted by Crippen LogP contribution is -2.21. The molecule has 0 unspecified atom stereocenters. The van der Waals surface area contributed by atoms with E-state index in [4.69, 9.17) is 10.2 Å². The summed E-state index contributed by atoms with van der Waals surface area (Å²) in [5.74, 6) is -0.760. The van der Waals surface area contributed by atoms with Crippen molar-refractivity contribution in [2.45, 2.75) is 19.8 Å². The summed E-state index contributed by atoms with van der Waals surface area (Å²) in [5.41, 5.74) is 0.527. The van der Waals surface area contributed by atoms with E-state index in [0.29, 0.717) is 18.2 Å². The van der Waals surface area contributed by atoms with Crippen LogP contribution in [-0.2, 0) is 0 Å². The van der Waals surface area contributed by atoms with Crippen LogP contribution in [0.15, 0.2) is 6.07 Å². The van der Waals surface area contributed by atoms with Gasteiger partial charge in [-0.05, 0) is 25.8 Å². The van der Waals surface area contributed by atoms with Crippen LogP contribution in [0, 0.1) is 12.3 Å². The summed E-state index contributed by atoms with van der Waals surface area (Å²) in [6.07, 6.45) is 1.96. The summed E-state index contributed by atoms with van der Waals surface area (Å²) in [6, 6.07) is 1.42. The molecule has 0 aromatic carbocycles. The zero-order valence-electron chi connectivity index (χ0n) is 9.60. The van der Waals surface area contributed by atoms with Crippen molar-refractivity contribution in [3.8, 4) is 0 Å². The fourth-order valence-corrected chi connectivity index (χ4v) is 1.59. The third kappa shape index (κ3) is 2.71. The van der Waals surface area contributed by atoms with Gasteiger partial charge in [-0.15, -0.1) is 0 Å². The third-order valence-electron chi connectivity index (χ3n) is 2.99. The Hall–Kier alpha value is -1.69. The Morgan fingerprint density at radius 3 is 2.76 bits per heavy atom. The molecular weight excluding hydrogens is 222 g/mol. The van der Waals surface area contributed by atoms with Crippen LogP contribution in [0.2, 0.25) is 0 Å². The van der Waals surface area contributed by atoms with Gasteiger partial charge in [-0.3, -0.25) is 0 Å². The summed E-state index contributed by atoms with van der Waals surface area (Å²) in [7, 11) is 0. The normalized spacial score (nSPS) is 16.6. The molecular formula is C11H15N3O3. The number of hydrogen-bond donors (Lipinski definition) is 3. The number of anilines is 1. The van der Waals surface area contributed by atoms with E-state index < -0.39 is 5.97 Å². The number of aromatic carboxylic acids is 1. The molecule has 0 aliphatic heterocycles. The van der Waals surface area contributed by atoms with E-state index in [1.807, 2.05) is 0 Å². The lowest BCUT2D eigenvalue weighted by molar-refractivity contribution is 0.0690. The molecule has 0 bridgehead atoms. The molecule has 92 valence electrons. The van der Waals surface area contributed by atoms with Gasteiger partial charge in [0.05, 0.1) is 6.61 Å². The maximum absolute atomic E-state index is 10.8. The molecule has 0 radical (unpaired) electrons. The molecule has 1 aliphatic rings. The highest BCUT2D eigenvalue weighted by molar-refractivity contribution is 5.85. The fraction of sp³-hybridized carbons (Fsp3) is 0.545. The summed E-state index contributed by atoms with van der Waals surface area (Å²) in [6.45, 7) is 2.43. The number of carboxylic acid groups (broad SMARTS) is 1. The van der Waals surface area contributed by atoms with Crippen LogP contribution in [-0.4, -0.2) is 39.3 Å². The number of rotatable bonds is 5. The lowest BCUT2D eigenvalue weighted by atomic mass is 10.1. The third-order valence-corrected chi connectivity index (χ3v) is 2.99. The van der Waals surface area contributed by atoms with Crippen molar-refractivity contribution in [3.63, 3.8) is 0 Å². The standard InChI is InChI=1S/C11H15N3O3/c1-7-4-8(9(16)17)14-10(13-7)12-5-11(6-15)2-3-11/h4,15H,2-3,5-6H2,1H3,(H,16,17)(H,12,13,14). The van der Waals surface area contributed by atoms with Crippen LogP contribution in [0.25, 0.3) is 0 Å². The zero-order valence-corrected chi connectivity index (χ0v) is 9.60. The quantitative estimate of drug-likeness (QED) is 0.696. The van der Waals surface area contributed by atoms with E-state index in [1.165, 1.54) is 6.07 Å². The van der Waals surface area contributed by atoms with Crippen molar-refractivity contribution in [1.29, 1.82) is 0 Å². The molecule has 17 heavy (non-hydrogen) atoms. The smallest absolute Gasteiger partial charge is 0.354 e. The van der Waals surface area contributed by atoms with Crippen LogP contribution in [0.4, 0.5) is 5.95 Å². The number of nitrogens with one attached hydrogen (secondary N) is 1. The Bertz CT molecular complexity index is 444. The van der Waals surface area contributed by atoms with Gasteiger partial charge in [-0.2, -0.15) is 0 Å². The van der Waals surface area contributed by atoms with Crippen molar-refractivity contribution in [3.05, 3.63) is 17.5 Å². The Balaban J connectivity index is 2.07. The van der Waals surface area contributed by atoms with Gasteiger partial charge in [0, 0.05) is 17.7 Å². The highest BCUT2D eigenvalue weighted by Gasteiger charge is 2.41. The topological polar surface area (TPSA) is 95.3 Å². The average Bonchev–Trinajstić information content (AvgIpc) is 3.06. The predicted octanol–water partition coefficient (Wildman–Crippen LogP) is 0.668. The first kappa shape index (κ1) is 11.8. The maximum atomic E-state index is 10.8. The number of nitrogens with zero attached hydrogens (tertiary/aromatic N) is 2. The van der Waals surface area contributed by atoms with Gasteiger partial charge in [0.1, 0.15) is 0 Å². The number of aliphatic hydroxyl groups excluding tert-OH is 1. The lowest BCUT2D eigenvalue weighted by Gasteiger charge is -2.13. The highest BCUT2D eigenvalue weighted by atomic mass is 16.4. The van der Waals surface area contributed by atoms with Gasteiger partial charge in [-0.25, -0.2) is 14.8 Å². The zero-order chi connectivity index (χ0) is 12.5. The fourth-order valence-electron chi connectivity index (χ4n) is 1.59. The first-order chi connectivity index (χ1) is 8.04. The number of aromatic nitrogens is 2. The molecule has 6 nitrogen and oxygen atoms in total. The minimum Gasteiger partial charge on any atom is -0.477 e. The molecule has 3 N–H and O–H groups in total. The minimum absolute atomic E-state index is 0.0196. The predicted molar refractivity (Wildman–Crippen MR) is 61.0 cm³/mol. The second-order valence-corrected chi connectivity index (χ2v) is 4.53. The SMILES string of the molecule is Cc1cc(C(=O)O)nc(NCC2(CO)CC2)n1. The van der Waals surface area contributed by atoms with E-state index >= 15 is 0 Å². The molecule has 6 heteroatoms. The summed E-state index contributed by atoms with van der Waals surface area (Å²) in [5, 5.41) is 21.0. The molecule has 1 aromatic rings. The first-order valence-electron chi connectivity index (χ1n) is 5.48. The number of carbonyl (C=O) groups is 1. The average molecular weight is 237 g/mol. The van der Waals surface area contributed by atoms with E-state index in [1.54, 1.807) is 6.92 Å². The van der Waals surface area contributed by atoms with Gasteiger partial charge in [-0.1, -0.05) is 0 Å². The molecule has 1 heterocycles. The van der Waals surface area contributed by atoms with E-state index in [-0.39, 0.29) is 17.7 Å². The van der Waals surface area contributed by atoms with E-state index in [9.17, 15) is 4.79 Å². The van der Waals surface area contributed by atoms with Gasteiger partial charge in [0.2, 0.25) is 5.95 Å². The van der Waals surface area contributed by atoms with Gasteiger partial charge in [0.15, 0.2) is 5.69 Å². The Morgan fingerprint density at radius 2 is 2.24 bits per heavy atom. The molecule has 1 aromatic heterocycles. The number of aliphatic hydroxyl groups is 1. The summed E-state index contributed by atoms with van der Waals surface area (Å²) >= 11 is 0. The maximum Gasteiger partial charge on any atom is 0.354 e. The van der Waals surface area contributed by atoms with Gasteiger partial charge >= 0.3 is 5.97 Å². The molecule has 1 saturated carbocycles. The van der Waals surface area contributed by atoms with Crippen molar-refractivity contribution in [2.24, 2.45) is 5.41 Å². The first-order valence-corrected chi connectivity index (χ1v) is 5.48. The molecule has 2 rings (SSSR count). The highest BCUT2D eigenvalue weighted by Crippen LogP contribution is 2.44. The van der Waals surface area contributed by atoms with Crippen molar-refractivity contribution >= 4 is 11.9 Å². The van der Waals surface area contributed by atoms with Crippen LogP contribution < -0.4 is 5.32 Å². The van der Waals surface area contributed by atoms with Crippen LogP contribution in [0.1, 0.15) is 29.0 Å². The van der Waals surface area contributed by atoms with Crippen LogP contribution in [0.3, 0.4) is 0 Å². The van der Waals surface area contributed by atoms with Crippen LogP contribution in [0.5, 0.6) is 0 Å². The number of aryl methyl sites for hydroxylation is 1. The number of carboxylic acids is 1. The van der Waals surface area contributed by atoms with Gasteiger partial charge < -0.3 is 15.5 Å². The second kappa shape index (κ2) is 4.29. The molecule has 0 atom stereocenters. The van der Waals surface area contributed by atoms with E-state index in [0.717, 1.165) is 12.8 Å². The molecule has 1 aliphatic carbocycles. The van der Waals surface area contributed by atoms with Gasteiger partial charge in [0.25, 0.3) is 0 Å². The largest absolute Gasteiger partial charge is 0.477 e. The molecule has 0 saturated heterocycles. The second-order valence-electron chi connectivity index (χ2n) is 4.53. The van der Waals surface area contributed by atoms with Crippen molar-refractivity contribution in [1.82, 2.24) is 9.97 Å². The summed E-state index contributed by atoms with van der Waals surface area (Å²) < 4.78 is 0. The monoisotopic (exact) mass is 237 g/mol. The Kier molecular flexibility index (Phi) is 2.97. The summed E-state index contributed by atoms with van der Waals surface area (Å²) in [4.78, 5) is 18.8. The van der Waals surface area contributed by atoms with Crippen molar-refractivity contribution < 1.29 is 15.0 Å². The molecule has 1 fully saturated rings. The molecule has 0 amide bonds. The Morgan fingerprint density at radius 1 is 1.53 bits per heavy atom. The van der Waals surface area contributed by atoms with Crippen molar-refractivity contribution in [2.75, 3.05) is 18.5 Å².